The third-order valence-electron chi connectivity index (χ3n) is 2.28. The zero-order chi connectivity index (χ0) is 12.1. The van der Waals surface area contributed by atoms with Crippen molar-refractivity contribution >= 4 is 5.69 Å². The summed E-state index contributed by atoms with van der Waals surface area (Å²) in [6.45, 7) is 0.452. The van der Waals surface area contributed by atoms with Crippen LogP contribution in [-0.4, -0.2) is 12.1 Å². The van der Waals surface area contributed by atoms with Gasteiger partial charge < -0.3 is 15.2 Å². The maximum atomic E-state index is 5.54. The van der Waals surface area contributed by atoms with Crippen LogP contribution in [0.5, 0.6) is 11.6 Å². The molecule has 0 radical (unpaired) electrons. The van der Waals surface area contributed by atoms with Crippen LogP contribution in [-0.2, 0) is 6.61 Å². The first kappa shape index (κ1) is 11.3. The van der Waals surface area contributed by atoms with E-state index in [-0.39, 0.29) is 0 Å². The Morgan fingerprint density at radius 1 is 1.24 bits per heavy atom. The van der Waals surface area contributed by atoms with Crippen LogP contribution in [0.2, 0.25) is 0 Å². The quantitative estimate of drug-likeness (QED) is 0.875. The van der Waals surface area contributed by atoms with E-state index in [9.17, 15) is 0 Å². The number of anilines is 1. The number of nitrogen functional groups attached to an aromatic ring is 1. The molecule has 1 heterocycles. The second-order valence-electron chi connectivity index (χ2n) is 3.57. The van der Waals surface area contributed by atoms with E-state index in [1.54, 1.807) is 25.4 Å². The molecule has 0 saturated carbocycles. The van der Waals surface area contributed by atoms with Crippen LogP contribution in [0.25, 0.3) is 0 Å². The first-order valence-electron chi connectivity index (χ1n) is 5.25. The topological polar surface area (TPSA) is 57.4 Å². The van der Waals surface area contributed by atoms with Crippen LogP contribution in [0.4, 0.5) is 5.69 Å². The highest BCUT2D eigenvalue weighted by Gasteiger charge is 1.98. The van der Waals surface area contributed by atoms with Gasteiger partial charge in [0.25, 0.3) is 0 Å². The predicted molar refractivity (Wildman–Crippen MR) is 66.0 cm³/mol. The number of rotatable bonds is 4. The molecule has 0 unspecified atom stereocenters. The van der Waals surface area contributed by atoms with Crippen molar-refractivity contribution in [2.45, 2.75) is 6.61 Å². The Morgan fingerprint density at radius 2 is 2.12 bits per heavy atom. The van der Waals surface area contributed by atoms with E-state index < -0.39 is 0 Å². The molecule has 88 valence electrons. The number of hydrogen-bond donors (Lipinski definition) is 1. The minimum Gasteiger partial charge on any atom is -0.497 e. The standard InChI is InChI=1S/C13H14N2O2/c1-16-12-4-2-3-10(7-12)9-17-13-6-5-11(14)8-15-13/h2-8H,9,14H2,1H3. The van der Waals surface area contributed by atoms with E-state index in [0.29, 0.717) is 18.2 Å². The fourth-order valence-electron chi connectivity index (χ4n) is 1.40. The Labute approximate surface area is 100 Å². The lowest BCUT2D eigenvalue weighted by atomic mass is 10.2. The van der Waals surface area contributed by atoms with E-state index in [4.69, 9.17) is 15.2 Å². The molecule has 2 rings (SSSR count). The molecule has 2 N–H and O–H groups in total. The van der Waals surface area contributed by atoms with Crippen molar-refractivity contribution in [3.63, 3.8) is 0 Å². The fraction of sp³-hybridized carbons (Fsp3) is 0.154. The largest absolute Gasteiger partial charge is 0.497 e. The lowest BCUT2D eigenvalue weighted by molar-refractivity contribution is 0.293. The fourth-order valence-corrected chi connectivity index (χ4v) is 1.40. The first-order valence-corrected chi connectivity index (χ1v) is 5.25. The smallest absolute Gasteiger partial charge is 0.213 e. The van der Waals surface area contributed by atoms with Gasteiger partial charge in [-0.15, -0.1) is 0 Å². The summed E-state index contributed by atoms with van der Waals surface area (Å²) in [5.41, 5.74) is 7.19. The molecule has 0 saturated heterocycles. The molecule has 0 amide bonds. The minimum atomic E-state index is 0.452. The highest BCUT2D eigenvalue weighted by molar-refractivity contribution is 5.36. The van der Waals surface area contributed by atoms with Gasteiger partial charge in [0.1, 0.15) is 12.4 Å². The second kappa shape index (κ2) is 5.21. The van der Waals surface area contributed by atoms with E-state index in [1.807, 2.05) is 24.3 Å². The van der Waals surface area contributed by atoms with Gasteiger partial charge in [-0.3, -0.25) is 0 Å². The summed E-state index contributed by atoms with van der Waals surface area (Å²) >= 11 is 0. The van der Waals surface area contributed by atoms with Crippen LogP contribution in [0.1, 0.15) is 5.56 Å². The minimum absolute atomic E-state index is 0.452. The van der Waals surface area contributed by atoms with Crippen LogP contribution < -0.4 is 15.2 Å². The number of nitrogens with two attached hydrogens (primary N) is 1. The molecule has 0 aliphatic carbocycles. The normalized spacial score (nSPS) is 9.94. The zero-order valence-corrected chi connectivity index (χ0v) is 9.59. The van der Waals surface area contributed by atoms with E-state index in [0.717, 1.165) is 11.3 Å². The average Bonchev–Trinajstić information content (AvgIpc) is 2.38. The molecule has 0 spiro atoms. The third kappa shape index (κ3) is 3.11. The van der Waals surface area contributed by atoms with Crippen molar-refractivity contribution in [1.29, 1.82) is 0 Å². The van der Waals surface area contributed by atoms with Crippen LogP contribution in [0, 0.1) is 0 Å². The summed E-state index contributed by atoms with van der Waals surface area (Å²) in [7, 11) is 1.64. The number of aromatic nitrogens is 1. The van der Waals surface area contributed by atoms with Crippen molar-refractivity contribution in [3.8, 4) is 11.6 Å². The molecule has 1 aromatic carbocycles. The molecule has 0 bridgehead atoms. The average molecular weight is 230 g/mol. The molecular weight excluding hydrogens is 216 g/mol. The number of benzene rings is 1. The summed E-state index contributed by atoms with van der Waals surface area (Å²) in [5.74, 6) is 1.37. The molecule has 0 aliphatic heterocycles. The Kier molecular flexibility index (Phi) is 3.45. The number of ether oxygens (including phenoxy) is 2. The van der Waals surface area contributed by atoms with Gasteiger partial charge >= 0.3 is 0 Å². The van der Waals surface area contributed by atoms with Crippen molar-refractivity contribution in [3.05, 3.63) is 48.2 Å². The number of methoxy groups -OCH3 is 1. The highest BCUT2D eigenvalue weighted by atomic mass is 16.5. The van der Waals surface area contributed by atoms with Crippen molar-refractivity contribution in [2.24, 2.45) is 0 Å². The maximum Gasteiger partial charge on any atom is 0.213 e. The molecule has 1 aromatic heterocycles. The van der Waals surface area contributed by atoms with Crippen molar-refractivity contribution in [2.75, 3.05) is 12.8 Å². The molecule has 2 aromatic rings. The van der Waals surface area contributed by atoms with Gasteiger partial charge in [-0.05, 0) is 23.8 Å². The van der Waals surface area contributed by atoms with Gasteiger partial charge in [-0.2, -0.15) is 0 Å². The molecule has 0 aliphatic rings. The van der Waals surface area contributed by atoms with Crippen LogP contribution in [0.3, 0.4) is 0 Å². The lowest BCUT2D eigenvalue weighted by Gasteiger charge is -2.06. The molecular formula is C13H14N2O2. The SMILES string of the molecule is COc1cccc(COc2ccc(N)cn2)c1. The lowest BCUT2D eigenvalue weighted by Crippen LogP contribution is -1.98. The predicted octanol–water partition coefficient (Wildman–Crippen LogP) is 2.25. The van der Waals surface area contributed by atoms with Gasteiger partial charge in [-0.25, -0.2) is 4.98 Å². The van der Waals surface area contributed by atoms with Gasteiger partial charge in [0.15, 0.2) is 0 Å². The van der Waals surface area contributed by atoms with Crippen LogP contribution >= 0.6 is 0 Å². The number of pyridine rings is 1. The van der Waals surface area contributed by atoms with Gasteiger partial charge in [-0.1, -0.05) is 12.1 Å². The van der Waals surface area contributed by atoms with E-state index in [1.165, 1.54) is 0 Å². The second-order valence-corrected chi connectivity index (χ2v) is 3.57. The Bertz CT molecular complexity index is 483. The Balaban J connectivity index is 1.99. The molecule has 4 heteroatoms. The zero-order valence-electron chi connectivity index (χ0n) is 9.59. The summed E-state index contributed by atoms with van der Waals surface area (Å²) in [5, 5.41) is 0. The van der Waals surface area contributed by atoms with E-state index in [2.05, 4.69) is 4.98 Å². The molecule has 0 fully saturated rings. The summed E-state index contributed by atoms with van der Waals surface area (Å²) in [6, 6.07) is 11.2. The Morgan fingerprint density at radius 3 is 2.82 bits per heavy atom. The van der Waals surface area contributed by atoms with Gasteiger partial charge in [0, 0.05) is 6.07 Å². The summed E-state index contributed by atoms with van der Waals surface area (Å²) in [6.07, 6.45) is 1.57. The van der Waals surface area contributed by atoms with Crippen molar-refractivity contribution in [1.82, 2.24) is 4.98 Å². The molecule has 4 nitrogen and oxygen atoms in total. The van der Waals surface area contributed by atoms with Gasteiger partial charge in [0.2, 0.25) is 5.88 Å². The van der Waals surface area contributed by atoms with E-state index >= 15 is 0 Å². The van der Waals surface area contributed by atoms with Gasteiger partial charge in [0.05, 0.1) is 19.0 Å². The number of nitrogens with zero attached hydrogens (tertiary/aromatic N) is 1. The number of hydrogen-bond acceptors (Lipinski definition) is 4. The Hall–Kier alpha value is -2.23. The van der Waals surface area contributed by atoms with Crippen LogP contribution in [0.15, 0.2) is 42.6 Å². The molecule has 17 heavy (non-hydrogen) atoms. The van der Waals surface area contributed by atoms with Crippen molar-refractivity contribution < 1.29 is 9.47 Å². The summed E-state index contributed by atoms with van der Waals surface area (Å²) < 4.78 is 10.7. The maximum absolute atomic E-state index is 5.54. The monoisotopic (exact) mass is 230 g/mol. The molecule has 0 atom stereocenters. The highest BCUT2D eigenvalue weighted by Crippen LogP contribution is 2.15. The summed E-state index contributed by atoms with van der Waals surface area (Å²) in [4.78, 5) is 4.06. The third-order valence-corrected chi connectivity index (χ3v) is 2.28. The first-order chi connectivity index (χ1) is 8.28.